The van der Waals surface area contributed by atoms with E-state index in [9.17, 15) is 4.79 Å². The number of piperazine rings is 1. The second kappa shape index (κ2) is 7.46. The van der Waals surface area contributed by atoms with Gasteiger partial charge in [-0.1, -0.05) is 24.8 Å². The molecule has 0 aromatic carbocycles. The molecule has 1 fully saturated rings. The third-order valence-electron chi connectivity index (χ3n) is 3.98. The molecule has 0 spiro atoms. The number of likely N-dealkylation sites (N-methyl/N-ethyl adjacent to an activating group) is 1. The van der Waals surface area contributed by atoms with E-state index in [1.54, 1.807) is 11.3 Å². The quantitative estimate of drug-likeness (QED) is 0.837. The lowest BCUT2D eigenvalue weighted by molar-refractivity contribution is -0.132. The molecule has 0 saturated carbocycles. The molecule has 2 aromatic heterocycles. The molecular weight excluding hydrogens is 330 g/mol. The number of nitrogens with one attached hydrogen (secondary N) is 1. The Bertz CT molecular complexity index is 634. The van der Waals surface area contributed by atoms with Crippen molar-refractivity contribution in [2.24, 2.45) is 0 Å². The maximum atomic E-state index is 12.6. The number of thioether (sulfide) groups is 1. The Morgan fingerprint density at radius 2 is 2.22 bits per heavy atom. The minimum Gasteiger partial charge on any atom is -0.339 e. The number of hydrogen-bond donors (Lipinski definition) is 1. The van der Waals surface area contributed by atoms with Crippen molar-refractivity contribution >= 4 is 29.0 Å². The Labute approximate surface area is 144 Å². The van der Waals surface area contributed by atoms with Gasteiger partial charge in [-0.15, -0.1) is 16.4 Å². The Morgan fingerprint density at radius 3 is 2.87 bits per heavy atom. The summed E-state index contributed by atoms with van der Waals surface area (Å²) in [6.45, 7) is 8.68. The summed E-state index contributed by atoms with van der Waals surface area (Å²) in [6, 6.07) is 3.98. The zero-order valence-corrected chi connectivity index (χ0v) is 15.0. The fraction of sp³-hybridized carbons (Fsp3) is 0.533. The molecule has 124 valence electrons. The van der Waals surface area contributed by atoms with Crippen molar-refractivity contribution in [2.45, 2.75) is 24.3 Å². The van der Waals surface area contributed by atoms with Gasteiger partial charge in [-0.25, -0.2) is 4.98 Å². The first-order chi connectivity index (χ1) is 11.2. The third-order valence-corrected chi connectivity index (χ3v) is 5.81. The van der Waals surface area contributed by atoms with Gasteiger partial charge in [0.25, 0.3) is 0 Å². The minimum absolute atomic E-state index is 0.171. The zero-order valence-electron chi connectivity index (χ0n) is 13.4. The first-order valence-corrected chi connectivity index (χ1v) is 9.57. The number of carbonyl (C=O) groups excluding carboxylic acids is 1. The van der Waals surface area contributed by atoms with Gasteiger partial charge in [-0.2, -0.15) is 0 Å². The van der Waals surface area contributed by atoms with E-state index in [0.29, 0.717) is 5.16 Å². The van der Waals surface area contributed by atoms with Crippen LogP contribution in [0.3, 0.4) is 0 Å². The summed E-state index contributed by atoms with van der Waals surface area (Å²) in [7, 11) is 0. The Hall–Kier alpha value is -1.38. The van der Waals surface area contributed by atoms with E-state index >= 15 is 0 Å². The van der Waals surface area contributed by atoms with Crippen molar-refractivity contribution < 1.29 is 4.79 Å². The summed E-state index contributed by atoms with van der Waals surface area (Å²) < 4.78 is 0. The topological polar surface area (TPSA) is 65.1 Å². The molecule has 1 amide bonds. The van der Waals surface area contributed by atoms with Gasteiger partial charge < -0.3 is 9.80 Å². The van der Waals surface area contributed by atoms with Crippen LogP contribution in [-0.4, -0.2) is 68.9 Å². The summed E-state index contributed by atoms with van der Waals surface area (Å²) in [5, 5.41) is 9.62. The highest BCUT2D eigenvalue weighted by Crippen LogP contribution is 2.26. The second-order valence-electron chi connectivity index (χ2n) is 5.46. The normalized spacial score (nSPS) is 17.4. The van der Waals surface area contributed by atoms with Gasteiger partial charge in [0.1, 0.15) is 0 Å². The lowest BCUT2D eigenvalue weighted by Gasteiger charge is -2.35. The molecule has 3 rings (SSSR count). The van der Waals surface area contributed by atoms with Gasteiger partial charge in [0.05, 0.1) is 10.1 Å². The number of nitrogens with zero attached hydrogens (tertiary/aromatic N) is 4. The molecule has 8 heteroatoms. The van der Waals surface area contributed by atoms with E-state index in [1.165, 1.54) is 11.8 Å². The zero-order chi connectivity index (χ0) is 16.2. The maximum Gasteiger partial charge on any atom is 0.235 e. The lowest BCUT2D eigenvalue weighted by Crippen LogP contribution is -2.50. The largest absolute Gasteiger partial charge is 0.339 e. The molecule has 1 aliphatic rings. The fourth-order valence-electron chi connectivity index (χ4n) is 2.57. The fourth-order valence-corrected chi connectivity index (χ4v) is 4.04. The van der Waals surface area contributed by atoms with E-state index in [0.717, 1.165) is 43.4 Å². The number of aromatic nitrogens is 3. The Morgan fingerprint density at radius 1 is 1.43 bits per heavy atom. The highest BCUT2D eigenvalue weighted by molar-refractivity contribution is 8.00. The molecular formula is C15H21N5OS2. The van der Waals surface area contributed by atoms with Crippen LogP contribution in [-0.2, 0) is 4.79 Å². The molecule has 0 aliphatic carbocycles. The van der Waals surface area contributed by atoms with E-state index < -0.39 is 0 Å². The van der Waals surface area contributed by atoms with Crippen LogP contribution in [0.1, 0.15) is 13.8 Å². The van der Waals surface area contributed by atoms with Crippen molar-refractivity contribution in [3.8, 4) is 10.7 Å². The molecule has 2 aromatic rings. The van der Waals surface area contributed by atoms with Crippen LogP contribution in [0, 0.1) is 0 Å². The Balaban J connectivity index is 1.56. The number of thiophene rings is 1. The van der Waals surface area contributed by atoms with Crippen molar-refractivity contribution in [3.63, 3.8) is 0 Å². The summed E-state index contributed by atoms with van der Waals surface area (Å²) in [6.07, 6.45) is 0. The molecule has 1 saturated heterocycles. The average Bonchev–Trinajstić information content (AvgIpc) is 3.25. The molecule has 1 unspecified atom stereocenters. The van der Waals surface area contributed by atoms with Gasteiger partial charge in [0, 0.05) is 26.2 Å². The molecule has 0 radical (unpaired) electrons. The van der Waals surface area contributed by atoms with Crippen LogP contribution in [0.4, 0.5) is 0 Å². The molecule has 1 atom stereocenters. The highest BCUT2D eigenvalue weighted by Gasteiger charge is 2.26. The SMILES string of the molecule is CCN1CCN(C(=O)C(C)Sc2n[nH]c(-c3cccs3)n2)CC1. The Kier molecular flexibility index (Phi) is 5.34. The van der Waals surface area contributed by atoms with Crippen molar-refractivity contribution in [3.05, 3.63) is 17.5 Å². The van der Waals surface area contributed by atoms with E-state index in [1.807, 2.05) is 29.3 Å². The van der Waals surface area contributed by atoms with Gasteiger partial charge >= 0.3 is 0 Å². The summed E-state index contributed by atoms with van der Waals surface area (Å²) in [5.41, 5.74) is 0. The van der Waals surface area contributed by atoms with Crippen molar-refractivity contribution in [1.82, 2.24) is 25.0 Å². The van der Waals surface area contributed by atoms with E-state index in [2.05, 4.69) is 27.0 Å². The maximum absolute atomic E-state index is 12.6. The number of amides is 1. The minimum atomic E-state index is -0.171. The van der Waals surface area contributed by atoms with Gasteiger partial charge in [0.2, 0.25) is 11.1 Å². The summed E-state index contributed by atoms with van der Waals surface area (Å²) >= 11 is 3.03. The number of carbonyl (C=O) groups is 1. The molecule has 1 N–H and O–H groups in total. The number of aromatic amines is 1. The standard InChI is InChI=1S/C15H21N5OS2/c1-3-19-6-8-20(9-7-19)14(21)11(2)23-15-16-13(17-18-15)12-5-4-10-22-12/h4-5,10-11H,3,6-9H2,1-2H3,(H,16,17,18). The molecule has 3 heterocycles. The van der Waals surface area contributed by atoms with Crippen LogP contribution in [0.5, 0.6) is 0 Å². The van der Waals surface area contributed by atoms with E-state index in [4.69, 9.17) is 0 Å². The molecule has 23 heavy (non-hydrogen) atoms. The monoisotopic (exact) mass is 351 g/mol. The molecule has 1 aliphatic heterocycles. The van der Waals surface area contributed by atoms with Crippen molar-refractivity contribution in [2.75, 3.05) is 32.7 Å². The first kappa shape index (κ1) is 16.5. The van der Waals surface area contributed by atoms with Crippen LogP contribution in [0.15, 0.2) is 22.7 Å². The smallest absolute Gasteiger partial charge is 0.235 e. The van der Waals surface area contributed by atoms with Crippen LogP contribution in [0.2, 0.25) is 0 Å². The van der Waals surface area contributed by atoms with Crippen LogP contribution in [0.25, 0.3) is 10.7 Å². The van der Waals surface area contributed by atoms with Crippen LogP contribution < -0.4 is 0 Å². The second-order valence-corrected chi connectivity index (χ2v) is 7.72. The van der Waals surface area contributed by atoms with Gasteiger partial charge in [-0.3, -0.25) is 9.89 Å². The predicted molar refractivity (Wildman–Crippen MR) is 93.7 cm³/mol. The number of rotatable bonds is 5. The highest BCUT2D eigenvalue weighted by atomic mass is 32.2. The number of hydrogen-bond acceptors (Lipinski definition) is 6. The predicted octanol–water partition coefficient (Wildman–Crippen LogP) is 2.18. The molecule has 6 nitrogen and oxygen atoms in total. The van der Waals surface area contributed by atoms with Crippen LogP contribution >= 0.6 is 23.1 Å². The lowest BCUT2D eigenvalue weighted by atomic mass is 10.3. The average molecular weight is 352 g/mol. The van der Waals surface area contributed by atoms with E-state index in [-0.39, 0.29) is 11.2 Å². The van der Waals surface area contributed by atoms with Crippen molar-refractivity contribution in [1.29, 1.82) is 0 Å². The third kappa shape index (κ3) is 3.94. The van der Waals surface area contributed by atoms with Gasteiger partial charge in [0.15, 0.2) is 5.82 Å². The number of H-pyrrole nitrogens is 1. The molecule has 0 bridgehead atoms. The first-order valence-electron chi connectivity index (χ1n) is 7.81. The van der Waals surface area contributed by atoms with Gasteiger partial charge in [-0.05, 0) is 24.9 Å². The summed E-state index contributed by atoms with van der Waals surface area (Å²) in [5.74, 6) is 0.937. The summed E-state index contributed by atoms with van der Waals surface area (Å²) in [4.78, 5) is 22.4.